The van der Waals surface area contributed by atoms with Gasteiger partial charge in [0.25, 0.3) is 5.91 Å². The Morgan fingerprint density at radius 1 is 1.14 bits per heavy atom. The van der Waals surface area contributed by atoms with Gasteiger partial charge < -0.3 is 5.32 Å². The lowest BCUT2D eigenvalue weighted by Gasteiger charge is -2.33. The Kier molecular flexibility index (Phi) is 5.90. The van der Waals surface area contributed by atoms with Gasteiger partial charge in [-0.3, -0.25) is 14.5 Å². The van der Waals surface area contributed by atoms with Crippen molar-refractivity contribution >= 4 is 40.4 Å². The fourth-order valence-electron chi connectivity index (χ4n) is 2.81. The molecule has 3 rings (SSSR count). The highest BCUT2D eigenvalue weighted by atomic mass is 32.1. The molecule has 1 aromatic carbocycles. The second-order valence-corrected chi connectivity index (χ2v) is 8.97. The largest absolute Gasteiger partial charge is 0.349 e. The van der Waals surface area contributed by atoms with Crippen LogP contribution in [0.1, 0.15) is 47.7 Å². The first-order chi connectivity index (χ1) is 13.3. The number of aryl methyl sites for hydroxylation is 1. The second kappa shape index (κ2) is 8.20. The third kappa shape index (κ3) is 4.45. The van der Waals surface area contributed by atoms with E-state index in [4.69, 9.17) is 0 Å². The van der Waals surface area contributed by atoms with E-state index >= 15 is 0 Å². The maximum absolute atomic E-state index is 13.4. The molecule has 2 amide bonds. The van der Waals surface area contributed by atoms with Crippen molar-refractivity contribution < 1.29 is 9.59 Å². The third-order valence-electron chi connectivity index (χ3n) is 3.99. The predicted octanol–water partition coefficient (Wildman–Crippen LogP) is 4.21. The number of amides is 2. The number of anilines is 1. The van der Waals surface area contributed by atoms with Gasteiger partial charge in [0.2, 0.25) is 5.91 Å². The van der Waals surface area contributed by atoms with Crippen molar-refractivity contribution in [3.63, 3.8) is 0 Å². The predicted molar refractivity (Wildman–Crippen MR) is 113 cm³/mol. The maximum atomic E-state index is 13.4. The molecule has 0 fully saturated rings. The minimum absolute atomic E-state index is 0.219. The molecule has 0 aliphatic carbocycles. The zero-order valence-corrected chi connectivity index (χ0v) is 17.8. The van der Waals surface area contributed by atoms with Crippen LogP contribution in [0.2, 0.25) is 0 Å². The first-order valence-corrected chi connectivity index (χ1v) is 10.5. The van der Waals surface area contributed by atoms with Gasteiger partial charge in [-0.1, -0.05) is 22.7 Å². The number of aromatic nitrogens is 2. The summed E-state index contributed by atoms with van der Waals surface area (Å²) in [5, 5.41) is 10.5. The molecule has 3 aromatic rings. The average molecular weight is 415 g/mol. The molecule has 0 aliphatic rings. The summed E-state index contributed by atoms with van der Waals surface area (Å²) in [4.78, 5) is 29.1. The Labute approximate surface area is 172 Å². The number of hydrogen-bond acceptors (Lipinski definition) is 6. The van der Waals surface area contributed by atoms with Crippen LogP contribution in [0.25, 0.3) is 0 Å². The molecule has 0 spiro atoms. The van der Waals surface area contributed by atoms with Crippen LogP contribution in [0, 0.1) is 6.92 Å². The first kappa shape index (κ1) is 20.2. The summed E-state index contributed by atoms with van der Waals surface area (Å²) >= 11 is 2.57. The van der Waals surface area contributed by atoms with E-state index in [-0.39, 0.29) is 17.5 Å². The van der Waals surface area contributed by atoms with Gasteiger partial charge in [0.05, 0.1) is 0 Å². The number of hydrogen-bond donors (Lipinski definition) is 1. The topological polar surface area (TPSA) is 75.2 Å². The monoisotopic (exact) mass is 414 g/mol. The highest BCUT2D eigenvalue weighted by molar-refractivity contribution is 7.10. The number of carbonyl (C=O) groups is 2. The smallest absolute Gasteiger partial charge is 0.280 e. The molecule has 8 heteroatoms. The van der Waals surface area contributed by atoms with Crippen LogP contribution in [0.4, 0.5) is 5.69 Å². The van der Waals surface area contributed by atoms with Crippen molar-refractivity contribution in [2.75, 3.05) is 4.90 Å². The molecule has 28 heavy (non-hydrogen) atoms. The zero-order valence-electron chi connectivity index (χ0n) is 16.2. The Bertz CT molecular complexity index is 946. The number of nitrogens with one attached hydrogen (secondary N) is 1. The summed E-state index contributed by atoms with van der Waals surface area (Å²) in [6.45, 7) is 7.70. The molecule has 0 bridgehead atoms. The van der Waals surface area contributed by atoms with E-state index in [0.29, 0.717) is 5.69 Å². The number of carbonyl (C=O) groups excluding carboxylic acids is 2. The van der Waals surface area contributed by atoms with E-state index in [0.717, 1.165) is 22.0 Å². The Balaban J connectivity index is 2.15. The van der Waals surface area contributed by atoms with E-state index in [2.05, 4.69) is 14.9 Å². The lowest BCUT2D eigenvalue weighted by atomic mass is 10.0. The van der Waals surface area contributed by atoms with Crippen LogP contribution in [0.15, 0.2) is 47.2 Å². The maximum Gasteiger partial charge on any atom is 0.280 e. The van der Waals surface area contributed by atoms with Gasteiger partial charge in [-0.05, 0) is 68.4 Å². The van der Waals surface area contributed by atoms with Gasteiger partial charge in [-0.15, -0.1) is 16.4 Å². The summed E-state index contributed by atoms with van der Waals surface area (Å²) in [5.41, 5.74) is 1.37. The molecule has 2 aromatic heterocycles. The molecule has 0 unspecified atom stereocenters. The van der Waals surface area contributed by atoms with Crippen LogP contribution in [-0.4, -0.2) is 26.9 Å². The van der Waals surface area contributed by atoms with Crippen LogP contribution in [0.5, 0.6) is 0 Å². The standard InChI is InChI=1S/C20H22N4O2S2/c1-13-10-11-27-17(13)16(18(25)21-20(2,3)4)24(14-8-6-5-7-9-14)19(26)15-12-28-23-22-15/h5-12,16H,1-4H3,(H,21,25)/t16-/m0/s1. The lowest BCUT2D eigenvalue weighted by Crippen LogP contribution is -2.49. The van der Waals surface area contributed by atoms with Crippen molar-refractivity contribution in [1.29, 1.82) is 0 Å². The molecule has 2 heterocycles. The van der Waals surface area contributed by atoms with Crippen LogP contribution in [-0.2, 0) is 4.79 Å². The van der Waals surface area contributed by atoms with E-state index in [1.54, 1.807) is 5.38 Å². The number of thiophene rings is 1. The number of nitrogens with zero attached hydrogens (tertiary/aromatic N) is 3. The Hall–Kier alpha value is -2.58. The summed E-state index contributed by atoms with van der Waals surface area (Å²) in [7, 11) is 0. The van der Waals surface area contributed by atoms with Gasteiger partial charge in [0, 0.05) is 21.5 Å². The molecular weight excluding hydrogens is 392 g/mol. The summed E-state index contributed by atoms with van der Waals surface area (Å²) in [5.74, 6) is -0.597. The third-order valence-corrected chi connectivity index (χ3v) is 5.56. The van der Waals surface area contributed by atoms with Crippen molar-refractivity contribution in [2.45, 2.75) is 39.3 Å². The molecule has 0 radical (unpaired) electrons. The fourth-order valence-corrected chi connectivity index (χ4v) is 4.25. The van der Waals surface area contributed by atoms with Crippen molar-refractivity contribution in [3.05, 3.63) is 63.3 Å². The molecule has 1 atom stereocenters. The summed E-state index contributed by atoms with van der Waals surface area (Å²) < 4.78 is 3.81. The molecule has 146 valence electrons. The fraction of sp³-hybridized carbons (Fsp3) is 0.300. The molecular formula is C20H22N4O2S2. The van der Waals surface area contributed by atoms with E-state index in [9.17, 15) is 9.59 Å². The average Bonchev–Trinajstić information content (AvgIpc) is 3.30. The van der Waals surface area contributed by atoms with Gasteiger partial charge >= 0.3 is 0 Å². The highest BCUT2D eigenvalue weighted by Gasteiger charge is 2.37. The van der Waals surface area contributed by atoms with Crippen molar-refractivity contribution in [2.24, 2.45) is 0 Å². The van der Waals surface area contributed by atoms with E-state index in [1.807, 2.05) is 69.5 Å². The van der Waals surface area contributed by atoms with Crippen molar-refractivity contribution in [1.82, 2.24) is 14.9 Å². The lowest BCUT2D eigenvalue weighted by molar-refractivity contribution is -0.123. The summed E-state index contributed by atoms with van der Waals surface area (Å²) in [6, 6.07) is 10.3. The van der Waals surface area contributed by atoms with Gasteiger partial charge in [0.15, 0.2) is 11.7 Å². The van der Waals surface area contributed by atoms with Crippen LogP contribution in [0.3, 0.4) is 0 Å². The minimum Gasteiger partial charge on any atom is -0.349 e. The molecule has 0 aliphatic heterocycles. The zero-order chi connectivity index (χ0) is 20.3. The quantitative estimate of drug-likeness (QED) is 0.679. The highest BCUT2D eigenvalue weighted by Crippen LogP contribution is 2.34. The first-order valence-electron chi connectivity index (χ1n) is 8.79. The van der Waals surface area contributed by atoms with Crippen molar-refractivity contribution in [3.8, 4) is 0 Å². The van der Waals surface area contributed by atoms with Gasteiger partial charge in [0.1, 0.15) is 0 Å². The molecule has 0 saturated carbocycles. The van der Waals surface area contributed by atoms with Crippen LogP contribution < -0.4 is 10.2 Å². The molecule has 6 nitrogen and oxygen atoms in total. The number of para-hydroxylation sites is 1. The minimum atomic E-state index is -0.809. The van der Waals surface area contributed by atoms with Gasteiger partial charge in [-0.25, -0.2) is 0 Å². The Morgan fingerprint density at radius 2 is 1.86 bits per heavy atom. The second-order valence-electron chi connectivity index (χ2n) is 7.41. The summed E-state index contributed by atoms with van der Waals surface area (Å²) in [6.07, 6.45) is 0. The number of rotatable bonds is 5. The molecule has 1 N–H and O–H groups in total. The van der Waals surface area contributed by atoms with E-state index in [1.165, 1.54) is 16.2 Å². The molecule has 0 saturated heterocycles. The van der Waals surface area contributed by atoms with E-state index < -0.39 is 11.6 Å². The Morgan fingerprint density at radius 3 is 2.39 bits per heavy atom. The normalized spacial score (nSPS) is 12.4. The van der Waals surface area contributed by atoms with Gasteiger partial charge in [-0.2, -0.15) is 0 Å². The SMILES string of the molecule is Cc1ccsc1[C@@H](C(=O)NC(C)(C)C)N(C(=O)c1csnn1)c1ccccc1. The van der Waals surface area contributed by atoms with Crippen LogP contribution >= 0.6 is 22.9 Å². The number of benzene rings is 1.